The molecule has 2 aromatic rings. The predicted molar refractivity (Wildman–Crippen MR) is 73.1 cm³/mol. The van der Waals surface area contributed by atoms with Crippen LogP contribution in [0.4, 0.5) is 6.01 Å². The van der Waals surface area contributed by atoms with Gasteiger partial charge in [0.15, 0.2) is 5.58 Å². The molecule has 0 bridgehead atoms. The third-order valence-electron chi connectivity index (χ3n) is 2.71. The second-order valence-corrected chi connectivity index (χ2v) is 5.79. The molecule has 102 valence electrons. The summed E-state index contributed by atoms with van der Waals surface area (Å²) in [7, 11) is 0. The van der Waals surface area contributed by atoms with E-state index in [9.17, 15) is 9.90 Å². The highest BCUT2D eigenvalue weighted by atomic mass is 16.4. The Balaban J connectivity index is 2.19. The molecule has 1 unspecified atom stereocenters. The number of hydrogen-bond donors (Lipinski definition) is 2. The van der Waals surface area contributed by atoms with E-state index in [0.29, 0.717) is 17.5 Å². The minimum Gasteiger partial charge on any atom is -0.480 e. The fraction of sp³-hybridized carbons (Fsp3) is 0.429. The van der Waals surface area contributed by atoms with Gasteiger partial charge in [-0.3, -0.25) is 0 Å². The van der Waals surface area contributed by atoms with Crippen LogP contribution in [0.15, 0.2) is 28.7 Å². The van der Waals surface area contributed by atoms with Crippen LogP contribution in [-0.4, -0.2) is 22.1 Å². The number of aliphatic carboxylic acids is 1. The summed E-state index contributed by atoms with van der Waals surface area (Å²) < 4.78 is 5.48. The number of anilines is 1. The molecule has 1 aromatic heterocycles. The summed E-state index contributed by atoms with van der Waals surface area (Å²) in [5.41, 5.74) is 1.26. The van der Waals surface area contributed by atoms with Gasteiger partial charge in [-0.2, -0.15) is 4.98 Å². The summed E-state index contributed by atoms with van der Waals surface area (Å²) in [5, 5.41) is 12.1. The minimum atomic E-state index is -0.905. The van der Waals surface area contributed by atoms with Crippen molar-refractivity contribution in [1.29, 1.82) is 0 Å². The second kappa shape index (κ2) is 4.91. The quantitative estimate of drug-likeness (QED) is 0.885. The van der Waals surface area contributed by atoms with E-state index in [1.54, 1.807) is 6.07 Å². The van der Waals surface area contributed by atoms with E-state index in [1.807, 2.05) is 39.0 Å². The van der Waals surface area contributed by atoms with Gasteiger partial charge in [-0.1, -0.05) is 32.9 Å². The highest BCUT2D eigenvalue weighted by molar-refractivity contribution is 5.78. The maximum Gasteiger partial charge on any atom is 0.326 e. The standard InChI is InChI=1S/C14H18N2O3/c1-14(2,3)8-10(12(17)18)16-13-15-9-6-4-5-7-11(9)19-13/h4-7,10H,8H2,1-3H3,(H,15,16)(H,17,18). The van der Waals surface area contributed by atoms with E-state index in [2.05, 4.69) is 10.3 Å². The molecule has 0 aliphatic rings. The Kier molecular flexibility index (Phi) is 3.46. The molecular weight excluding hydrogens is 244 g/mol. The Morgan fingerprint density at radius 3 is 2.68 bits per heavy atom. The molecule has 19 heavy (non-hydrogen) atoms. The van der Waals surface area contributed by atoms with Crippen molar-refractivity contribution in [3.05, 3.63) is 24.3 Å². The van der Waals surface area contributed by atoms with Crippen molar-refractivity contribution in [1.82, 2.24) is 4.98 Å². The summed E-state index contributed by atoms with van der Waals surface area (Å²) >= 11 is 0. The molecule has 1 atom stereocenters. The Bertz CT molecular complexity index is 551. The second-order valence-electron chi connectivity index (χ2n) is 5.79. The first-order valence-corrected chi connectivity index (χ1v) is 6.20. The number of carbonyl (C=O) groups is 1. The number of aromatic nitrogens is 1. The van der Waals surface area contributed by atoms with Gasteiger partial charge in [0.25, 0.3) is 6.01 Å². The van der Waals surface area contributed by atoms with Crippen LogP contribution < -0.4 is 5.32 Å². The molecule has 5 nitrogen and oxygen atoms in total. The van der Waals surface area contributed by atoms with E-state index >= 15 is 0 Å². The summed E-state index contributed by atoms with van der Waals surface area (Å²) in [6, 6.07) is 6.86. The van der Waals surface area contributed by atoms with Gasteiger partial charge < -0.3 is 14.8 Å². The van der Waals surface area contributed by atoms with Crippen LogP contribution in [-0.2, 0) is 4.79 Å². The Morgan fingerprint density at radius 1 is 1.42 bits per heavy atom. The molecular formula is C14H18N2O3. The number of carboxylic acids is 1. The minimum absolute atomic E-state index is 0.0952. The van der Waals surface area contributed by atoms with E-state index in [1.165, 1.54) is 0 Å². The van der Waals surface area contributed by atoms with E-state index in [4.69, 9.17) is 4.42 Å². The maximum atomic E-state index is 11.3. The monoisotopic (exact) mass is 262 g/mol. The molecule has 0 spiro atoms. The average molecular weight is 262 g/mol. The van der Waals surface area contributed by atoms with Gasteiger partial charge >= 0.3 is 5.97 Å². The van der Waals surface area contributed by atoms with Crippen molar-refractivity contribution in [3.8, 4) is 0 Å². The van der Waals surface area contributed by atoms with Gasteiger partial charge in [0.05, 0.1) is 0 Å². The summed E-state index contributed by atoms with van der Waals surface area (Å²) in [5.74, 6) is -0.905. The topological polar surface area (TPSA) is 75.4 Å². The van der Waals surface area contributed by atoms with Crippen LogP contribution >= 0.6 is 0 Å². The third kappa shape index (κ3) is 3.47. The van der Waals surface area contributed by atoms with E-state index < -0.39 is 12.0 Å². The lowest BCUT2D eigenvalue weighted by Crippen LogP contribution is -2.33. The number of rotatable bonds is 4. The zero-order chi connectivity index (χ0) is 14.0. The number of para-hydroxylation sites is 2. The Hall–Kier alpha value is -2.04. The van der Waals surface area contributed by atoms with Gasteiger partial charge in [0, 0.05) is 0 Å². The fourth-order valence-electron chi connectivity index (χ4n) is 1.90. The highest BCUT2D eigenvalue weighted by Gasteiger charge is 2.25. The average Bonchev–Trinajstić information content (AvgIpc) is 2.68. The first-order valence-electron chi connectivity index (χ1n) is 6.20. The van der Waals surface area contributed by atoms with E-state index in [-0.39, 0.29) is 11.4 Å². The molecule has 1 aromatic carbocycles. The van der Waals surface area contributed by atoms with Crippen molar-refractivity contribution in [3.63, 3.8) is 0 Å². The van der Waals surface area contributed by atoms with Crippen LogP contribution in [0.5, 0.6) is 0 Å². The van der Waals surface area contributed by atoms with Crippen LogP contribution in [0, 0.1) is 5.41 Å². The van der Waals surface area contributed by atoms with E-state index in [0.717, 1.165) is 0 Å². The number of fused-ring (bicyclic) bond motifs is 1. The number of hydrogen-bond acceptors (Lipinski definition) is 4. The zero-order valence-corrected chi connectivity index (χ0v) is 11.3. The zero-order valence-electron chi connectivity index (χ0n) is 11.3. The van der Waals surface area contributed by atoms with Crippen molar-refractivity contribution in [2.24, 2.45) is 5.41 Å². The normalized spacial score (nSPS) is 13.4. The smallest absolute Gasteiger partial charge is 0.326 e. The van der Waals surface area contributed by atoms with Crippen LogP contribution in [0.3, 0.4) is 0 Å². The molecule has 0 saturated carbocycles. The van der Waals surface area contributed by atoms with Gasteiger partial charge in [0.2, 0.25) is 0 Å². The van der Waals surface area contributed by atoms with Gasteiger partial charge in [-0.25, -0.2) is 4.79 Å². The van der Waals surface area contributed by atoms with Crippen molar-refractivity contribution < 1.29 is 14.3 Å². The number of nitrogens with zero attached hydrogens (tertiary/aromatic N) is 1. The van der Waals surface area contributed by atoms with Gasteiger partial charge in [-0.15, -0.1) is 0 Å². The highest BCUT2D eigenvalue weighted by Crippen LogP contribution is 2.24. The molecule has 2 rings (SSSR count). The predicted octanol–water partition coefficient (Wildman–Crippen LogP) is 3.13. The Labute approximate surface area is 111 Å². The van der Waals surface area contributed by atoms with Gasteiger partial charge in [-0.05, 0) is 24.0 Å². The maximum absolute atomic E-state index is 11.3. The number of carboxylic acid groups (broad SMARTS) is 1. The number of nitrogens with one attached hydrogen (secondary N) is 1. The molecule has 5 heteroatoms. The summed E-state index contributed by atoms with van der Waals surface area (Å²) in [6.45, 7) is 5.99. The molecule has 2 N–H and O–H groups in total. The lowest BCUT2D eigenvalue weighted by atomic mass is 9.88. The third-order valence-corrected chi connectivity index (χ3v) is 2.71. The first-order chi connectivity index (χ1) is 8.85. The molecule has 0 fully saturated rings. The SMILES string of the molecule is CC(C)(C)CC(Nc1nc2ccccc2o1)C(=O)O. The van der Waals surface area contributed by atoms with Crippen molar-refractivity contribution in [2.75, 3.05) is 5.32 Å². The molecule has 0 amide bonds. The molecule has 0 radical (unpaired) electrons. The lowest BCUT2D eigenvalue weighted by molar-refractivity contribution is -0.138. The molecule has 0 saturated heterocycles. The molecule has 0 aliphatic heterocycles. The lowest BCUT2D eigenvalue weighted by Gasteiger charge is -2.23. The first kappa shape index (κ1) is 13.4. The van der Waals surface area contributed by atoms with Crippen LogP contribution in [0.25, 0.3) is 11.1 Å². The summed E-state index contributed by atoms with van der Waals surface area (Å²) in [4.78, 5) is 15.5. The fourth-order valence-corrected chi connectivity index (χ4v) is 1.90. The number of benzene rings is 1. The number of oxazole rings is 1. The van der Waals surface area contributed by atoms with Crippen molar-refractivity contribution in [2.45, 2.75) is 33.2 Å². The van der Waals surface area contributed by atoms with Crippen LogP contribution in [0.2, 0.25) is 0 Å². The largest absolute Gasteiger partial charge is 0.480 e. The Morgan fingerprint density at radius 2 is 2.11 bits per heavy atom. The summed E-state index contributed by atoms with van der Waals surface area (Å²) in [6.07, 6.45) is 0.487. The van der Waals surface area contributed by atoms with Crippen LogP contribution in [0.1, 0.15) is 27.2 Å². The van der Waals surface area contributed by atoms with Crippen molar-refractivity contribution >= 4 is 23.1 Å². The molecule has 1 heterocycles. The van der Waals surface area contributed by atoms with Gasteiger partial charge in [0.1, 0.15) is 11.6 Å². The molecule has 0 aliphatic carbocycles.